The highest BCUT2D eigenvalue weighted by molar-refractivity contribution is 6.30. The fraction of sp³-hybridized carbons (Fsp3) is 0.231. The third kappa shape index (κ3) is 2.65. The van der Waals surface area contributed by atoms with Gasteiger partial charge in [0.1, 0.15) is 16.8 Å². The zero-order valence-corrected chi connectivity index (χ0v) is 11.3. The third-order valence-corrected chi connectivity index (χ3v) is 3.07. The number of aromatic amines is 1. The highest BCUT2D eigenvalue weighted by Gasteiger charge is 2.14. The molecular weight excluding hydrogens is 290 g/mol. The zero-order chi connectivity index (χ0) is 14.9. The van der Waals surface area contributed by atoms with Crippen LogP contribution in [0.15, 0.2) is 27.8 Å². The predicted molar refractivity (Wildman–Crippen MR) is 71.6 cm³/mol. The van der Waals surface area contributed by atoms with Crippen molar-refractivity contribution in [1.82, 2.24) is 9.55 Å². The van der Waals surface area contributed by atoms with E-state index >= 15 is 0 Å². The Kier molecular flexibility index (Phi) is 4.04. The molecule has 0 saturated heterocycles. The van der Waals surface area contributed by atoms with Gasteiger partial charge in [-0.05, 0) is 18.6 Å². The van der Waals surface area contributed by atoms with E-state index in [-0.39, 0.29) is 16.4 Å². The minimum Gasteiger partial charge on any atom is -0.297 e. The van der Waals surface area contributed by atoms with Gasteiger partial charge in [-0.15, -0.1) is 0 Å². The molecule has 1 aromatic carbocycles. The van der Waals surface area contributed by atoms with E-state index in [9.17, 15) is 18.4 Å². The molecule has 0 fully saturated rings. The predicted octanol–water partition coefficient (Wildman–Crippen LogP) is 2.41. The van der Waals surface area contributed by atoms with Crippen molar-refractivity contribution < 1.29 is 8.78 Å². The normalized spacial score (nSPS) is 10.8. The maximum atomic E-state index is 13.2. The quantitative estimate of drug-likeness (QED) is 0.885. The summed E-state index contributed by atoms with van der Waals surface area (Å²) in [6, 6.07) is 2.47. The Hall–Kier alpha value is -1.95. The van der Waals surface area contributed by atoms with E-state index in [0.717, 1.165) is 12.1 Å². The van der Waals surface area contributed by atoms with Gasteiger partial charge in [-0.1, -0.05) is 24.9 Å². The molecule has 2 aromatic rings. The smallest absolute Gasteiger partial charge is 0.297 e. The van der Waals surface area contributed by atoms with Gasteiger partial charge < -0.3 is 0 Å². The van der Waals surface area contributed by atoms with Crippen LogP contribution < -0.4 is 11.2 Å². The molecule has 7 heteroatoms. The number of hydrogen-bond acceptors (Lipinski definition) is 2. The van der Waals surface area contributed by atoms with Gasteiger partial charge in [0, 0.05) is 6.07 Å². The number of rotatable bonds is 3. The highest BCUT2D eigenvalue weighted by atomic mass is 35.5. The second-order valence-corrected chi connectivity index (χ2v) is 4.62. The van der Waals surface area contributed by atoms with Gasteiger partial charge in [-0.3, -0.25) is 9.78 Å². The first kappa shape index (κ1) is 14.5. The van der Waals surface area contributed by atoms with Crippen LogP contribution in [0.1, 0.15) is 18.9 Å². The van der Waals surface area contributed by atoms with Gasteiger partial charge in [-0.2, -0.15) is 0 Å². The van der Waals surface area contributed by atoms with Gasteiger partial charge >= 0.3 is 5.69 Å². The van der Waals surface area contributed by atoms with Crippen molar-refractivity contribution in [3.63, 3.8) is 0 Å². The standard InChI is InChI=1S/C13H11ClF2N2O2/c1-2-3-10-11(14)17-13(20)18(12(10)19)9-5-7(15)4-8(16)6-9/h4-6H,2-3H2,1H3,(H,17,20). The summed E-state index contributed by atoms with van der Waals surface area (Å²) in [4.78, 5) is 26.4. The number of halogens is 3. The molecule has 0 spiro atoms. The monoisotopic (exact) mass is 300 g/mol. The fourth-order valence-electron chi connectivity index (χ4n) is 1.92. The van der Waals surface area contributed by atoms with Crippen molar-refractivity contribution in [2.45, 2.75) is 19.8 Å². The van der Waals surface area contributed by atoms with Crippen LogP contribution in [0.25, 0.3) is 5.69 Å². The lowest BCUT2D eigenvalue weighted by atomic mass is 10.2. The summed E-state index contributed by atoms with van der Waals surface area (Å²) < 4.78 is 27.1. The van der Waals surface area contributed by atoms with E-state index in [1.54, 1.807) is 0 Å². The number of benzene rings is 1. The van der Waals surface area contributed by atoms with Crippen molar-refractivity contribution in [3.8, 4) is 5.69 Å². The summed E-state index contributed by atoms with van der Waals surface area (Å²) in [5, 5.41) is -0.0463. The Morgan fingerprint density at radius 2 is 1.80 bits per heavy atom. The summed E-state index contributed by atoms with van der Waals surface area (Å²) in [6.45, 7) is 1.84. The Morgan fingerprint density at radius 3 is 2.35 bits per heavy atom. The summed E-state index contributed by atoms with van der Waals surface area (Å²) in [7, 11) is 0. The Balaban J connectivity index is 2.77. The molecule has 1 aromatic heterocycles. The van der Waals surface area contributed by atoms with Crippen LogP contribution in [0.4, 0.5) is 8.78 Å². The Labute approximate surface area is 117 Å². The molecule has 0 aliphatic carbocycles. The van der Waals surface area contributed by atoms with E-state index in [4.69, 9.17) is 11.6 Å². The van der Waals surface area contributed by atoms with E-state index < -0.39 is 22.9 Å². The lowest BCUT2D eigenvalue weighted by Crippen LogP contribution is -2.36. The average molecular weight is 301 g/mol. The molecule has 106 valence electrons. The first-order valence-corrected chi connectivity index (χ1v) is 6.32. The lowest BCUT2D eigenvalue weighted by molar-refractivity contribution is 0.580. The van der Waals surface area contributed by atoms with Gasteiger partial charge in [0.2, 0.25) is 0 Å². The SMILES string of the molecule is CCCc1c(Cl)[nH]c(=O)n(-c2cc(F)cc(F)c2)c1=O. The zero-order valence-electron chi connectivity index (χ0n) is 10.5. The minimum absolute atomic E-state index is 0.0463. The molecule has 2 rings (SSSR count). The van der Waals surface area contributed by atoms with Crippen molar-refractivity contribution >= 4 is 11.6 Å². The van der Waals surface area contributed by atoms with E-state index in [1.807, 2.05) is 6.92 Å². The third-order valence-electron chi connectivity index (χ3n) is 2.75. The fourth-order valence-corrected chi connectivity index (χ4v) is 2.17. The summed E-state index contributed by atoms with van der Waals surface area (Å²) in [5.74, 6) is -1.75. The molecule has 0 bridgehead atoms. The second kappa shape index (κ2) is 5.58. The van der Waals surface area contributed by atoms with Crippen LogP contribution in [0.5, 0.6) is 0 Å². The average Bonchev–Trinajstić information content (AvgIpc) is 2.33. The van der Waals surface area contributed by atoms with Crippen molar-refractivity contribution in [2.24, 2.45) is 0 Å². The lowest BCUT2D eigenvalue weighted by Gasteiger charge is -2.08. The van der Waals surface area contributed by atoms with Crippen LogP contribution in [-0.4, -0.2) is 9.55 Å². The van der Waals surface area contributed by atoms with Crippen LogP contribution >= 0.6 is 11.6 Å². The summed E-state index contributed by atoms with van der Waals surface area (Å²) >= 11 is 5.82. The second-order valence-electron chi connectivity index (χ2n) is 4.24. The highest BCUT2D eigenvalue weighted by Crippen LogP contribution is 2.12. The maximum absolute atomic E-state index is 13.2. The van der Waals surface area contributed by atoms with Crippen molar-refractivity contribution in [1.29, 1.82) is 0 Å². The molecule has 0 aliphatic heterocycles. The first-order chi connectivity index (χ1) is 9.43. The van der Waals surface area contributed by atoms with Crippen LogP contribution in [0.2, 0.25) is 5.15 Å². The largest absolute Gasteiger partial charge is 0.334 e. The van der Waals surface area contributed by atoms with Crippen LogP contribution in [0.3, 0.4) is 0 Å². The number of aromatic nitrogens is 2. The molecule has 0 amide bonds. The molecule has 1 heterocycles. The first-order valence-electron chi connectivity index (χ1n) is 5.94. The molecule has 1 N–H and O–H groups in total. The van der Waals surface area contributed by atoms with Crippen molar-refractivity contribution in [2.75, 3.05) is 0 Å². The molecule has 0 unspecified atom stereocenters. The van der Waals surface area contributed by atoms with Gasteiger partial charge in [0.05, 0.1) is 11.3 Å². The summed E-state index contributed by atoms with van der Waals surface area (Å²) in [6.07, 6.45) is 0.991. The Bertz CT molecular complexity index is 748. The minimum atomic E-state index is -0.877. The van der Waals surface area contributed by atoms with Gasteiger partial charge in [0.25, 0.3) is 5.56 Å². The molecule has 0 aliphatic rings. The van der Waals surface area contributed by atoms with Gasteiger partial charge in [0.15, 0.2) is 0 Å². The molecule has 0 atom stereocenters. The van der Waals surface area contributed by atoms with E-state index in [0.29, 0.717) is 23.5 Å². The number of nitrogens with one attached hydrogen (secondary N) is 1. The number of hydrogen-bond donors (Lipinski definition) is 1. The molecule has 0 radical (unpaired) electrons. The number of nitrogens with zero attached hydrogens (tertiary/aromatic N) is 1. The maximum Gasteiger partial charge on any atom is 0.334 e. The van der Waals surface area contributed by atoms with E-state index in [2.05, 4.69) is 4.98 Å². The molecule has 20 heavy (non-hydrogen) atoms. The molecular formula is C13H11ClF2N2O2. The number of H-pyrrole nitrogens is 1. The Morgan fingerprint density at radius 1 is 1.20 bits per heavy atom. The van der Waals surface area contributed by atoms with Crippen LogP contribution in [-0.2, 0) is 6.42 Å². The topological polar surface area (TPSA) is 54.9 Å². The van der Waals surface area contributed by atoms with E-state index in [1.165, 1.54) is 0 Å². The van der Waals surface area contributed by atoms with Gasteiger partial charge in [-0.25, -0.2) is 18.1 Å². The summed E-state index contributed by atoms with van der Waals surface area (Å²) in [5.41, 5.74) is -1.49. The molecule has 4 nitrogen and oxygen atoms in total. The molecule has 0 saturated carbocycles. The van der Waals surface area contributed by atoms with Crippen LogP contribution in [0, 0.1) is 11.6 Å². The van der Waals surface area contributed by atoms with Crippen molar-refractivity contribution in [3.05, 3.63) is 61.4 Å².